The average molecular weight is 377 g/mol. The minimum atomic E-state index is -4.52. The van der Waals surface area contributed by atoms with E-state index < -0.39 is 33.9 Å². The van der Waals surface area contributed by atoms with Gasteiger partial charge < -0.3 is 4.74 Å². The van der Waals surface area contributed by atoms with Gasteiger partial charge in [0.1, 0.15) is 6.23 Å². The van der Waals surface area contributed by atoms with Gasteiger partial charge >= 0.3 is 6.18 Å². The van der Waals surface area contributed by atoms with E-state index in [0.29, 0.717) is 4.31 Å². The highest BCUT2D eigenvalue weighted by Gasteiger charge is 2.39. The normalized spacial score (nSPS) is 19.4. The lowest BCUT2D eigenvalue weighted by atomic mass is 10.1. The fraction of sp³-hybridized carbons (Fsp3) is 0.438. The lowest BCUT2D eigenvalue weighted by Crippen LogP contribution is -2.40. The van der Waals surface area contributed by atoms with Gasteiger partial charge in [0, 0.05) is 12.8 Å². The van der Waals surface area contributed by atoms with Gasteiger partial charge in [0.05, 0.1) is 17.1 Å². The number of sulfonamides is 1. The van der Waals surface area contributed by atoms with E-state index in [-0.39, 0.29) is 24.5 Å². The van der Waals surface area contributed by atoms with Crippen molar-refractivity contribution in [3.05, 3.63) is 40.8 Å². The molecule has 1 saturated heterocycles. The van der Waals surface area contributed by atoms with Crippen molar-refractivity contribution in [1.29, 1.82) is 0 Å². The lowest BCUT2D eigenvalue weighted by molar-refractivity contribution is -0.137. The molecule has 0 aliphatic carbocycles. The predicted octanol–water partition coefficient (Wildman–Crippen LogP) is 3.38. The van der Waals surface area contributed by atoms with Crippen molar-refractivity contribution < 1.29 is 31.1 Å². The van der Waals surface area contributed by atoms with Crippen LogP contribution >= 0.6 is 0 Å². The van der Waals surface area contributed by atoms with E-state index in [1.54, 1.807) is 13.8 Å². The van der Waals surface area contributed by atoms with Gasteiger partial charge in [0.2, 0.25) is 5.91 Å². The standard InChI is InChI=1S/C16H18F3NO4S/c1-11(2)24-15-7-6-14(21)20(15)25(22,23)9-8-12-4-3-5-13(10-12)16(17,18)19/h3-5,8-11,15H,6-7H2,1-2H3. The zero-order valence-electron chi connectivity index (χ0n) is 13.7. The summed E-state index contributed by atoms with van der Waals surface area (Å²) in [7, 11) is -4.15. The molecule has 0 spiro atoms. The van der Waals surface area contributed by atoms with Crippen molar-refractivity contribution in [2.75, 3.05) is 0 Å². The second-order valence-electron chi connectivity index (χ2n) is 5.84. The molecule has 0 N–H and O–H groups in total. The van der Waals surface area contributed by atoms with Crippen LogP contribution in [0, 0.1) is 0 Å². The number of amides is 1. The number of carbonyl (C=O) groups excluding carboxylic acids is 1. The van der Waals surface area contributed by atoms with Crippen molar-refractivity contribution in [2.45, 2.75) is 45.2 Å². The number of carbonyl (C=O) groups is 1. The molecule has 1 amide bonds. The molecule has 1 fully saturated rings. The Bertz CT molecular complexity index is 772. The summed E-state index contributed by atoms with van der Waals surface area (Å²) in [5, 5.41) is 0.725. The Morgan fingerprint density at radius 1 is 1.32 bits per heavy atom. The molecule has 1 unspecified atom stereocenters. The lowest BCUT2D eigenvalue weighted by Gasteiger charge is -2.24. The van der Waals surface area contributed by atoms with Crippen LogP contribution in [0.25, 0.3) is 6.08 Å². The van der Waals surface area contributed by atoms with Crippen LogP contribution in [0.4, 0.5) is 13.2 Å². The number of hydrogen-bond acceptors (Lipinski definition) is 4. The molecule has 1 aliphatic rings. The summed E-state index contributed by atoms with van der Waals surface area (Å²) in [5.41, 5.74) is -0.823. The summed E-state index contributed by atoms with van der Waals surface area (Å²) in [5.74, 6) is -0.598. The van der Waals surface area contributed by atoms with Crippen molar-refractivity contribution in [1.82, 2.24) is 4.31 Å². The van der Waals surface area contributed by atoms with Crippen LogP contribution < -0.4 is 0 Å². The molecule has 5 nitrogen and oxygen atoms in total. The highest BCUT2D eigenvalue weighted by Crippen LogP contribution is 2.30. The topological polar surface area (TPSA) is 63.7 Å². The first kappa shape index (κ1) is 19.5. The van der Waals surface area contributed by atoms with Gasteiger partial charge in [0.25, 0.3) is 10.0 Å². The zero-order chi connectivity index (χ0) is 18.8. The second-order valence-corrected chi connectivity index (χ2v) is 7.53. The predicted molar refractivity (Wildman–Crippen MR) is 85.5 cm³/mol. The molecule has 0 bridgehead atoms. The van der Waals surface area contributed by atoms with E-state index in [0.717, 1.165) is 23.6 Å². The maximum absolute atomic E-state index is 12.7. The molecule has 1 atom stereocenters. The van der Waals surface area contributed by atoms with E-state index in [9.17, 15) is 26.4 Å². The first-order valence-corrected chi connectivity index (χ1v) is 9.09. The average Bonchev–Trinajstić information content (AvgIpc) is 2.85. The summed E-state index contributed by atoms with van der Waals surface area (Å²) < 4.78 is 69.0. The molecule has 1 heterocycles. The van der Waals surface area contributed by atoms with Crippen molar-refractivity contribution >= 4 is 22.0 Å². The maximum atomic E-state index is 12.7. The Morgan fingerprint density at radius 3 is 2.60 bits per heavy atom. The van der Waals surface area contributed by atoms with Crippen molar-refractivity contribution in [2.24, 2.45) is 0 Å². The third-order valence-electron chi connectivity index (χ3n) is 3.46. The van der Waals surface area contributed by atoms with Crippen LogP contribution in [-0.4, -0.2) is 31.0 Å². The fourth-order valence-corrected chi connectivity index (χ4v) is 3.75. The van der Waals surface area contributed by atoms with Crippen LogP contribution in [0.2, 0.25) is 0 Å². The summed E-state index contributed by atoms with van der Waals surface area (Å²) in [6.07, 6.45) is -4.39. The van der Waals surface area contributed by atoms with Crippen LogP contribution in [0.15, 0.2) is 29.7 Å². The number of benzene rings is 1. The minimum absolute atomic E-state index is 0.0357. The molecular formula is C16H18F3NO4S. The third kappa shape index (κ3) is 4.82. The van der Waals surface area contributed by atoms with Gasteiger partial charge in [-0.2, -0.15) is 13.2 Å². The molecule has 2 rings (SSSR count). The van der Waals surface area contributed by atoms with Gasteiger partial charge in [-0.1, -0.05) is 12.1 Å². The molecule has 138 valence electrons. The van der Waals surface area contributed by atoms with Gasteiger partial charge in [-0.05, 0) is 37.6 Å². The highest BCUT2D eigenvalue weighted by molar-refractivity contribution is 7.92. The monoisotopic (exact) mass is 377 g/mol. The molecule has 1 aromatic carbocycles. The SMILES string of the molecule is CC(C)OC1CCC(=O)N1S(=O)(=O)C=Cc1cccc(C(F)(F)F)c1. The van der Waals surface area contributed by atoms with Crippen molar-refractivity contribution in [3.63, 3.8) is 0 Å². The number of rotatable bonds is 5. The fourth-order valence-electron chi connectivity index (χ4n) is 2.43. The maximum Gasteiger partial charge on any atom is 0.416 e. The van der Waals surface area contributed by atoms with E-state index in [2.05, 4.69) is 0 Å². The number of alkyl halides is 3. The van der Waals surface area contributed by atoms with Crippen molar-refractivity contribution in [3.8, 4) is 0 Å². The summed E-state index contributed by atoms with van der Waals surface area (Å²) in [6.45, 7) is 3.43. The van der Waals surface area contributed by atoms with Gasteiger partial charge in [-0.3, -0.25) is 4.79 Å². The first-order chi connectivity index (χ1) is 11.5. The van der Waals surface area contributed by atoms with Gasteiger partial charge in [-0.15, -0.1) is 0 Å². The number of halogens is 3. The Labute approximate surface area is 144 Å². The molecule has 0 aromatic heterocycles. The quantitative estimate of drug-likeness (QED) is 0.789. The molecule has 1 aliphatic heterocycles. The largest absolute Gasteiger partial charge is 0.416 e. The van der Waals surface area contributed by atoms with Crippen LogP contribution in [0.1, 0.15) is 37.8 Å². The van der Waals surface area contributed by atoms with Crippen LogP contribution in [0.5, 0.6) is 0 Å². The van der Waals surface area contributed by atoms with E-state index in [4.69, 9.17) is 4.74 Å². The molecule has 0 saturated carbocycles. The van der Waals surface area contributed by atoms with E-state index in [1.807, 2.05) is 0 Å². The summed E-state index contributed by atoms with van der Waals surface area (Å²) in [6, 6.07) is 4.25. The first-order valence-electron chi connectivity index (χ1n) is 7.59. The van der Waals surface area contributed by atoms with E-state index >= 15 is 0 Å². The highest BCUT2D eigenvalue weighted by atomic mass is 32.2. The molecule has 25 heavy (non-hydrogen) atoms. The molecule has 1 aromatic rings. The smallest absolute Gasteiger partial charge is 0.355 e. The Hall–Kier alpha value is -1.87. The molecular weight excluding hydrogens is 359 g/mol. The zero-order valence-corrected chi connectivity index (χ0v) is 14.5. The summed E-state index contributed by atoms with van der Waals surface area (Å²) in [4.78, 5) is 11.9. The second kappa shape index (κ2) is 7.17. The van der Waals surface area contributed by atoms with Gasteiger partial charge in [-0.25, -0.2) is 12.7 Å². The molecule has 0 radical (unpaired) electrons. The minimum Gasteiger partial charge on any atom is -0.355 e. The number of hydrogen-bond donors (Lipinski definition) is 0. The third-order valence-corrected chi connectivity index (χ3v) is 4.93. The summed E-state index contributed by atoms with van der Waals surface area (Å²) >= 11 is 0. The number of ether oxygens (including phenoxy) is 1. The van der Waals surface area contributed by atoms with Crippen LogP contribution in [-0.2, 0) is 25.7 Å². The Balaban J connectivity index is 2.25. The number of nitrogens with zero attached hydrogens (tertiary/aromatic N) is 1. The Morgan fingerprint density at radius 2 is 2.00 bits per heavy atom. The van der Waals surface area contributed by atoms with E-state index in [1.165, 1.54) is 12.1 Å². The van der Waals surface area contributed by atoms with Crippen LogP contribution in [0.3, 0.4) is 0 Å². The molecule has 9 heteroatoms. The van der Waals surface area contributed by atoms with Gasteiger partial charge in [0.15, 0.2) is 0 Å². The Kier molecular flexibility index (Phi) is 5.58.